The van der Waals surface area contributed by atoms with Crippen molar-refractivity contribution < 1.29 is 17.9 Å². The van der Waals surface area contributed by atoms with E-state index in [1.165, 1.54) is 12.1 Å². The Morgan fingerprint density at radius 3 is 2.86 bits per heavy atom. The Hall–Kier alpha value is -1.02. The molecule has 0 radical (unpaired) electrons. The number of rotatable bonds is 6. The second-order valence-electron chi connectivity index (χ2n) is 5.73. The third-order valence-electron chi connectivity index (χ3n) is 4.04. The van der Waals surface area contributed by atoms with Gasteiger partial charge in [-0.15, -0.1) is 0 Å². The standard InChI is InChI=1S/C15H23FN2O3S/c1-3-17-22(20,21)13-6-7-18(9-13)10-15(19)14-5-4-12(16)8-11(14)2/h4-5,8,13,15,17,19H,3,6-7,9-10H2,1-2H3. The third kappa shape index (κ3) is 4.04. The highest BCUT2D eigenvalue weighted by Crippen LogP contribution is 2.23. The minimum atomic E-state index is -3.28. The molecule has 0 spiro atoms. The maximum atomic E-state index is 13.1. The summed E-state index contributed by atoms with van der Waals surface area (Å²) in [6.45, 7) is 5.29. The lowest BCUT2D eigenvalue weighted by molar-refractivity contribution is 0.125. The van der Waals surface area contributed by atoms with Crippen LogP contribution in [0.3, 0.4) is 0 Å². The molecule has 2 rings (SSSR count). The first-order chi connectivity index (χ1) is 10.3. The number of β-amino-alcohol motifs (C(OH)–C–C–N with tert-alkyl or cyclic N) is 1. The number of sulfonamides is 1. The van der Waals surface area contributed by atoms with Crippen molar-refractivity contribution in [2.75, 3.05) is 26.2 Å². The van der Waals surface area contributed by atoms with Crippen molar-refractivity contribution in [3.05, 3.63) is 35.1 Å². The van der Waals surface area contributed by atoms with Gasteiger partial charge in [-0.3, -0.25) is 4.90 Å². The minimum absolute atomic E-state index is 0.327. The van der Waals surface area contributed by atoms with Gasteiger partial charge in [0, 0.05) is 19.6 Å². The first-order valence-corrected chi connectivity index (χ1v) is 9.03. The first kappa shape index (κ1) is 17.3. The van der Waals surface area contributed by atoms with Crippen LogP contribution in [0.1, 0.15) is 30.6 Å². The molecule has 1 fully saturated rings. The highest BCUT2D eigenvalue weighted by atomic mass is 32.2. The van der Waals surface area contributed by atoms with Crippen molar-refractivity contribution in [2.45, 2.75) is 31.6 Å². The summed E-state index contributed by atoms with van der Waals surface area (Å²) in [7, 11) is -3.28. The Bertz CT molecular complexity index is 621. The lowest BCUT2D eigenvalue weighted by Crippen LogP contribution is -2.37. The summed E-state index contributed by atoms with van der Waals surface area (Å²) in [6, 6.07) is 4.30. The summed E-state index contributed by atoms with van der Waals surface area (Å²) in [5.41, 5.74) is 1.38. The number of nitrogens with one attached hydrogen (secondary N) is 1. The second kappa shape index (κ2) is 7.04. The van der Waals surface area contributed by atoms with E-state index in [9.17, 15) is 17.9 Å². The molecule has 22 heavy (non-hydrogen) atoms. The predicted octanol–water partition coefficient (Wildman–Crippen LogP) is 1.18. The topological polar surface area (TPSA) is 69.6 Å². The number of benzene rings is 1. The Kier molecular flexibility index (Phi) is 5.55. The molecule has 0 aliphatic carbocycles. The molecule has 7 heteroatoms. The zero-order chi connectivity index (χ0) is 16.3. The Morgan fingerprint density at radius 1 is 1.50 bits per heavy atom. The molecule has 0 bridgehead atoms. The minimum Gasteiger partial charge on any atom is -0.387 e. The van der Waals surface area contributed by atoms with E-state index in [0.29, 0.717) is 43.7 Å². The van der Waals surface area contributed by atoms with Gasteiger partial charge in [-0.25, -0.2) is 17.5 Å². The third-order valence-corrected chi connectivity index (χ3v) is 5.99. The van der Waals surface area contributed by atoms with E-state index in [1.54, 1.807) is 19.9 Å². The van der Waals surface area contributed by atoms with E-state index < -0.39 is 21.4 Å². The van der Waals surface area contributed by atoms with Crippen LogP contribution in [-0.4, -0.2) is 49.9 Å². The van der Waals surface area contributed by atoms with Crippen LogP contribution in [0, 0.1) is 12.7 Å². The summed E-state index contributed by atoms with van der Waals surface area (Å²) in [5, 5.41) is 9.88. The zero-order valence-electron chi connectivity index (χ0n) is 12.9. The van der Waals surface area contributed by atoms with Crippen LogP contribution in [0.4, 0.5) is 4.39 Å². The van der Waals surface area contributed by atoms with Crippen LogP contribution in [0.15, 0.2) is 18.2 Å². The van der Waals surface area contributed by atoms with Crippen LogP contribution in [0.5, 0.6) is 0 Å². The molecule has 0 amide bonds. The van der Waals surface area contributed by atoms with Gasteiger partial charge >= 0.3 is 0 Å². The van der Waals surface area contributed by atoms with Gasteiger partial charge < -0.3 is 5.11 Å². The SMILES string of the molecule is CCNS(=O)(=O)C1CCN(CC(O)c2ccc(F)cc2C)C1. The van der Waals surface area contributed by atoms with Crippen molar-refractivity contribution >= 4 is 10.0 Å². The molecule has 0 aromatic heterocycles. The summed E-state index contributed by atoms with van der Waals surface area (Å²) in [4.78, 5) is 1.94. The molecule has 5 nitrogen and oxygen atoms in total. The van der Waals surface area contributed by atoms with E-state index in [1.807, 2.05) is 4.90 Å². The van der Waals surface area contributed by atoms with E-state index in [-0.39, 0.29) is 5.82 Å². The Labute approximate surface area is 131 Å². The van der Waals surface area contributed by atoms with E-state index in [0.717, 1.165) is 0 Å². The van der Waals surface area contributed by atoms with Crippen molar-refractivity contribution in [3.63, 3.8) is 0 Å². The fourth-order valence-electron chi connectivity index (χ4n) is 2.89. The molecule has 2 unspecified atom stereocenters. The monoisotopic (exact) mass is 330 g/mol. The van der Waals surface area contributed by atoms with Crippen LogP contribution in [0.25, 0.3) is 0 Å². The fourth-order valence-corrected chi connectivity index (χ4v) is 4.35. The Balaban J connectivity index is 1.98. The lowest BCUT2D eigenvalue weighted by atomic mass is 10.0. The number of hydrogen-bond acceptors (Lipinski definition) is 4. The molecule has 124 valence electrons. The van der Waals surface area contributed by atoms with Crippen LogP contribution in [-0.2, 0) is 10.0 Å². The predicted molar refractivity (Wildman–Crippen MR) is 83.5 cm³/mol. The van der Waals surface area contributed by atoms with Crippen LogP contribution < -0.4 is 4.72 Å². The maximum absolute atomic E-state index is 13.1. The van der Waals surface area contributed by atoms with Crippen molar-refractivity contribution in [1.29, 1.82) is 0 Å². The smallest absolute Gasteiger partial charge is 0.215 e. The highest BCUT2D eigenvalue weighted by molar-refractivity contribution is 7.90. The molecular weight excluding hydrogens is 307 g/mol. The summed E-state index contributed by atoms with van der Waals surface area (Å²) >= 11 is 0. The number of aliphatic hydroxyl groups is 1. The maximum Gasteiger partial charge on any atom is 0.215 e. The number of aryl methyl sites for hydroxylation is 1. The van der Waals surface area contributed by atoms with Gasteiger partial charge in [0.15, 0.2) is 0 Å². The van der Waals surface area contributed by atoms with Crippen LogP contribution in [0.2, 0.25) is 0 Å². The average Bonchev–Trinajstić information content (AvgIpc) is 2.87. The largest absolute Gasteiger partial charge is 0.387 e. The van der Waals surface area contributed by atoms with Crippen molar-refractivity contribution in [1.82, 2.24) is 9.62 Å². The second-order valence-corrected chi connectivity index (χ2v) is 7.78. The fraction of sp³-hybridized carbons (Fsp3) is 0.600. The van der Waals surface area contributed by atoms with E-state index in [4.69, 9.17) is 0 Å². The molecule has 0 saturated carbocycles. The van der Waals surface area contributed by atoms with Crippen molar-refractivity contribution in [3.8, 4) is 0 Å². The van der Waals surface area contributed by atoms with Crippen molar-refractivity contribution in [2.24, 2.45) is 0 Å². The van der Waals surface area contributed by atoms with Gasteiger partial charge in [0.2, 0.25) is 10.0 Å². The number of hydrogen-bond donors (Lipinski definition) is 2. The van der Waals surface area contributed by atoms with Gasteiger partial charge in [0.25, 0.3) is 0 Å². The highest BCUT2D eigenvalue weighted by Gasteiger charge is 2.33. The molecule has 2 atom stereocenters. The lowest BCUT2D eigenvalue weighted by Gasteiger charge is -2.21. The van der Waals surface area contributed by atoms with Gasteiger partial charge in [-0.2, -0.15) is 0 Å². The van der Waals surface area contributed by atoms with Crippen LogP contribution >= 0.6 is 0 Å². The summed E-state index contributed by atoms with van der Waals surface area (Å²) < 4.78 is 39.6. The molecule has 1 aliphatic rings. The molecule has 2 N–H and O–H groups in total. The molecule has 1 aromatic carbocycles. The van der Waals surface area contributed by atoms with Gasteiger partial charge in [-0.05, 0) is 43.1 Å². The van der Waals surface area contributed by atoms with Gasteiger partial charge in [0.1, 0.15) is 5.82 Å². The van der Waals surface area contributed by atoms with Gasteiger partial charge in [-0.1, -0.05) is 13.0 Å². The molecule has 1 aromatic rings. The number of nitrogens with zero attached hydrogens (tertiary/aromatic N) is 1. The molecular formula is C15H23FN2O3S. The first-order valence-electron chi connectivity index (χ1n) is 7.48. The normalized spacial score (nSPS) is 21.2. The number of aliphatic hydroxyl groups excluding tert-OH is 1. The molecule has 1 heterocycles. The van der Waals surface area contributed by atoms with E-state index >= 15 is 0 Å². The Morgan fingerprint density at radius 2 is 2.23 bits per heavy atom. The molecule has 1 aliphatic heterocycles. The average molecular weight is 330 g/mol. The van der Waals surface area contributed by atoms with Gasteiger partial charge in [0.05, 0.1) is 11.4 Å². The number of halogens is 1. The molecule has 1 saturated heterocycles. The number of likely N-dealkylation sites (tertiary alicyclic amines) is 1. The zero-order valence-corrected chi connectivity index (χ0v) is 13.7. The quantitative estimate of drug-likeness (QED) is 0.822. The van der Waals surface area contributed by atoms with E-state index in [2.05, 4.69) is 4.72 Å². The summed E-state index contributed by atoms with van der Waals surface area (Å²) in [6.07, 6.45) is -0.189. The summed E-state index contributed by atoms with van der Waals surface area (Å²) in [5.74, 6) is -0.327.